The monoisotopic (exact) mass is 286 g/mol. The standard InChI is InChI=1S/C15H18N4O2/c1-11-3-4-13-16-12(2)14(19(13)9-11)15(21)18-7-5-17(10-20)6-8-18/h3-4,9-10H,5-8H2,1-2H3. The summed E-state index contributed by atoms with van der Waals surface area (Å²) >= 11 is 0. The minimum absolute atomic E-state index is 0.0175. The van der Waals surface area contributed by atoms with Crippen molar-refractivity contribution >= 4 is 18.0 Å². The molecule has 3 heterocycles. The van der Waals surface area contributed by atoms with E-state index in [1.54, 1.807) is 9.80 Å². The number of hydrogen-bond acceptors (Lipinski definition) is 3. The van der Waals surface area contributed by atoms with Crippen molar-refractivity contribution in [3.8, 4) is 0 Å². The fraction of sp³-hybridized carbons (Fsp3) is 0.400. The molecule has 0 aliphatic carbocycles. The van der Waals surface area contributed by atoms with Gasteiger partial charge in [-0.2, -0.15) is 0 Å². The van der Waals surface area contributed by atoms with Crippen molar-refractivity contribution in [3.05, 3.63) is 35.3 Å². The fourth-order valence-electron chi connectivity index (χ4n) is 2.71. The van der Waals surface area contributed by atoms with Gasteiger partial charge in [0.1, 0.15) is 11.3 Å². The molecule has 2 amide bonds. The number of aryl methyl sites for hydroxylation is 2. The first kappa shape index (κ1) is 13.6. The normalized spacial score (nSPS) is 15.5. The van der Waals surface area contributed by atoms with E-state index in [9.17, 15) is 9.59 Å². The van der Waals surface area contributed by atoms with Crippen LogP contribution in [0, 0.1) is 13.8 Å². The molecule has 2 aromatic rings. The molecule has 0 bridgehead atoms. The van der Waals surface area contributed by atoms with Crippen LogP contribution in [0.1, 0.15) is 21.7 Å². The van der Waals surface area contributed by atoms with Crippen LogP contribution in [0.5, 0.6) is 0 Å². The van der Waals surface area contributed by atoms with E-state index < -0.39 is 0 Å². The number of imidazole rings is 1. The maximum absolute atomic E-state index is 12.8. The molecular weight excluding hydrogens is 268 g/mol. The Morgan fingerprint density at radius 2 is 1.90 bits per heavy atom. The molecule has 0 radical (unpaired) electrons. The molecule has 1 aliphatic rings. The molecule has 1 saturated heterocycles. The number of piperazine rings is 1. The second kappa shape index (κ2) is 5.20. The highest BCUT2D eigenvalue weighted by molar-refractivity contribution is 5.94. The first-order valence-electron chi connectivity index (χ1n) is 7.04. The summed E-state index contributed by atoms with van der Waals surface area (Å²) in [5.41, 5.74) is 3.23. The first-order valence-corrected chi connectivity index (χ1v) is 7.04. The summed E-state index contributed by atoms with van der Waals surface area (Å²) in [5, 5.41) is 0. The second-order valence-corrected chi connectivity index (χ2v) is 5.41. The molecule has 21 heavy (non-hydrogen) atoms. The van der Waals surface area contributed by atoms with Gasteiger partial charge in [0.15, 0.2) is 0 Å². The smallest absolute Gasteiger partial charge is 0.272 e. The molecule has 1 aliphatic heterocycles. The van der Waals surface area contributed by atoms with Gasteiger partial charge in [0, 0.05) is 32.4 Å². The van der Waals surface area contributed by atoms with Crippen LogP contribution in [0.2, 0.25) is 0 Å². The Hall–Kier alpha value is -2.37. The summed E-state index contributed by atoms with van der Waals surface area (Å²) in [6, 6.07) is 3.91. The summed E-state index contributed by atoms with van der Waals surface area (Å²) in [4.78, 5) is 31.4. The van der Waals surface area contributed by atoms with Gasteiger partial charge in [0.05, 0.1) is 5.69 Å². The number of carbonyl (C=O) groups is 2. The number of aromatic nitrogens is 2. The number of pyridine rings is 1. The topological polar surface area (TPSA) is 57.9 Å². The largest absolute Gasteiger partial charge is 0.342 e. The van der Waals surface area contributed by atoms with Gasteiger partial charge in [0.25, 0.3) is 5.91 Å². The molecule has 0 atom stereocenters. The van der Waals surface area contributed by atoms with E-state index in [0.29, 0.717) is 31.9 Å². The maximum atomic E-state index is 12.8. The van der Waals surface area contributed by atoms with Crippen LogP contribution in [-0.4, -0.2) is 57.7 Å². The molecule has 6 nitrogen and oxygen atoms in total. The maximum Gasteiger partial charge on any atom is 0.272 e. The van der Waals surface area contributed by atoms with Gasteiger partial charge in [-0.05, 0) is 25.5 Å². The molecule has 0 N–H and O–H groups in total. The van der Waals surface area contributed by atoms with Gasteiger partial charge in [-0.15, -0.1) is 0 Å². The zero-order chi connectivity index (χ0) is 15.0. The van der Waals surface area contributed by atoms with Gasteiger partial charge in [-0.1, -0.05) is 6.07 Å². The van der Waals surface area contributed by atoms with E-state index in [2.05, 4.69) is 4.98 Å². The molecule has 0 saturated carbocycles. The van der Waals surface area contributed by atoms with E-state index in [4.69, 9.17) is 0 Å². The van der Waals surface area contributed by atoms with Crippen LogP contribution in [-0.2, 0) is 4.79 Å². The van der Waals surface area contributed by atoms with Crippen molar-refractivity contribution in [1.82, 2.24) is 19.2 Å². The second-order valence-electron chi connectivity index (χ2n) is 5.41. The lowest BCUT2D eigenvalue weighted by Crippen LogP contribution is -2.48. The quantitative estimate of drug-likeness (QED) is 0.770. The third kappa shape index (κ3) is 2.37. The number of rotatable bonds is 2. The summed E-state index contributed by atoms with van der Waals surface area (Å²) in [7, 11) is 0. The number of amides is 2. The zero-order valence-corrected chi connectivity index (χ0v) is 12.2. The van der Waals surface area contributed by atoms with Crippen molar-refractivity contribution in [3.63, 3.8) is 0 Å². The summed E-state index contributed by atoms with van der Waals surface area (Å²) in [6.07, 6.45) is 2.77. The lowest BCUT2D eigenvalue weighted by atomic mass is 10.2. The predicted octanol–water partition coefficient (Wildman–Crippen LogP) is 0.865. The first-order chi connectivity index (χ1) is 10.1. The minimum atomic E-state index is -0.0175. The number of carbonyl (C=O) groups excluding carboxylic acids is 2. The summed E-state index contributed by atoms with van der Waals surface area (Å²) < 4.78 is 1.86. The number of hydrogen-bond donors (Lipinski definition) is 0. The molecule has 1 fully saturated rings. The Labute approximate surface area is 123 Å². The average Bonchev–Trinajstić information content (AvgIpc) is 2.82. The minimum Gasteiger partial charge on any atom is -0.342 e. The Morgan fingerprint density at radius 1 is 1.19 bits per heavy atom. The van der Waals surface area contributed by atoms with Crippen LogP contribution in [0.25, 0.3) is 5.65 Å². The van der Waals surface area contributed by atoms with Crippen LogP contribution in [0.15, 0.2) is 18.3 Å². The number of fused-ring (bicyclic) bond motifs is 1. The fourth-order valence-corrected chi connectivity index (χ4v) is 2.71. The Balaban J connectivity index is 1.93. The summed E-state index contributed by atoms with van der Waals surface area (Å²) in [6.45, 7) is 6.16. The molecule has 2 aromatic heterocycles. The van der Waals surface area contributed by atoms with Gasteiger partial charge < -0.3 is 9.80 Å². The Bertz CT molecular complexity index is 699. The molecule has 0 spiro atoms. The van der Waals surface area contributed by atoms with E-state index in [-0.39, 0.29) is 5.91 Å². The molecule has 0 unspecified atom stereocenters. The van der Waals surface area contributed by atoms with Crippen molar-refractivity contribution in [2.45, 2.75) is 13.8 Å². The van der Waals surface area contributed by atoms with Crippen molar-refractivity contribution in [1.29, 1.82) is 0 Å². The highest BCUT2D eigenvalue weighted by Gasteiger charge is 2.25. The van der Waals surface area contributed by atoms with Crippen LogP contribution in [0.4, 0.5) is 0 Å². The lowest BCUT2D eigenvalue weighted by Gasteiger charge is -2.32. The van der Waals surface area contributed by atoms with Gasteiger partial charge in [-0.3, -0.25) is 14.0 Å². The predicted molar refractivity (Wildman–Crippen MR) is 78.2 cm³/mol. The van der Waals surface area contributed by atoms with E-state index in [1.807, 2.05) is 36.6 Å². The third-order valence-corrected chi connectivity index (χ3v) is 3.89. The lowest BCUT2D eigenvalue weighted by molar-refractivity contribution is -0.119. The molecule has 3 rings (SSSR count). The van der Waals surface area contributed by atoms with Gasteiger partial charge in [0.2, 0.25) is 6.41 Å². The van der Waals surface area contributed by atoms with Gasteiger partial charge in [-0.25, -0.2) is 4.98 Å². The Morgan fingerprint density at radius 3 is 2.57 bits per heavy atom. The average molecular weight is 286 g/mol. The van der Waals surface area contributed by atoms with Crippen molar-refractivity contribution in [2.75, 3.05) is 26.2 Å². The van der Waals surface area contributed by atoms with E-state index >= 15 is 0 Å². The van der Waals surface area contributed by atoms with Gasteiger partial charge >= 0.3 is 0 Å². The van der Waals surface area contributed by atoms with Crippen molar-refractivity contribution in [2.24, 2.45) is 0 Å². The highest BCUT2D eigenvalue weighted by atomic mass is 16.2. The summed E-state index contributed by atoms with van der Waals surface area (Å²) in [5.74, 6) is -0.0175. The molecule has 110 valence electrons. The third-order valence-electron chi connectivity index (χ3n) is 3.89. The highest BCUT2D eigenvalue weighted by Crippen LogP contribution is 2.16. The SMILES string of the molecule is Cc1ccc2nc(C)c(C(=O)N3CCN(C=O)CC3)n2c1. The molecular formula is C15H18N4O2. The van der Waals surface area contributed by atoms with Crippen molar-refractivity contribution < 1.29 is 9.59 Å². The Kier molecular flexibility index (Phi) is 3.37. The van der Waals surface area contributed by atoms with E-state index in [0.717, 1.165) is 23.3 Å². The van der Waals surface area contributed by atoms with Crippen LogP contribution in [0.3, 0.4) is 0 Å². The zero-order valence-electron chi connectivity index (χ0n) is 12.2. The van der Waals surface area contributed by atoms with Crippen LogP contribution >= 0.6 is 0 Å². The number of nitrogens with zero attached hydrogens (tertiary/aromatic N) is 4. The van der Waals surface area contributed by atoms with E-state index in [1.165, 1.54) is 0 Å². The molecule has 0 aromatic carbocycles. The molecule has 6 heteroatoms. The van der Waals surface area contributed by atoms with Crippen LogP contribution < -0.4 is 0 Å².